The highest BCUT2D eigenvalue weighted by atomic mass is 16.5. The van der Waals surface area contributed by atoms with Crippen molar-refractivity contribution in [2.75, 3.05) is 26.3 Å². The van der Waals surface area contributed by atoms with Crippen molar-refractivity contribution >= 4 is 22.4 Å². The highest BCUT2D eigenvalue weighted by Crippen LogP contribution is 2.27. The van der Waals surface area contributed by atoms with Crippen LogP contribution in [-0.4, -0.2) is 53.8 Å². The van der Waals surface area contributed by atoms with Gasteiger partial charge in [-0.2, -0.15) is 0 Å². The van der Waals surface area contributed by atoms with Crippen LogP contribution in [0.2, 0.25) is 0 Å². The number of aryl methyl sites for hydroxylation is 1. The molecule has 2 aliphatic rings. The minimum Gasteiger partial charge on any atom is -0.385 e. The van der Waals surface area contributed by atoms with Gasteiger partial charge in [-0.25, -0.2) is 0 Å². The van der Waals surface area contributed by atoms with E-state index in [9.17, 15) is 4.79 Å². The molecule has 0 atom stereocenters. The van der Waals surface area contributed by atoms with Gasteiger partial charge in [-0.1, -0.05) is 13.0 Å². The Morgan fingerprint density at radius 2 is 2.13 bits per heavy atom. The summed E-state index contributed by atoms with van der Waals surface area (Å²) in [5, 5.41) is 15.0. The second kappa shape index (κ2) is 8.96. The van der Waals surface area contributed by atoms with Gasteiger partial charge in [-0.3, -0.25) is 15.2 Å². The molecule has 0 radical (unpaired) electrons. The van der Waals surface area contributed by atoms with E-state index < -0.39 is 0 Å². The Kier molecular flexibility index (Phi) is 6.13. The minimum absolute atomic E-state index is 0.0549. The van der Waals surface area contributed by atoms with Crippen LogP contribution < -0.4 is 5.32 Å². The number of aromatic nitrogens is 1. The molecule has 6 nitrogen and oxygen atoms in total. The van der Waals surface area contributed by atoms with E-state index in [0.717, 1.165) is 66.5 Å². The first-order chi connectivity index (χ1) is 14.6. The summed E-state index contributed by atoms with van der Waals surface area (Å²) in [5.41, 5.74) is 4.60. The van der Waals surface area contributed by atoms with E-state index in [2.05, 4.69) is 29.4 Å². The highest BCUT2D eigenvalue weighted by Gasteiger charge is 2.27. The van der Waals surface area contributed by atoms with Crippen LogP contribution in [0.25, 0.3) is 10.8 Å². The third kappa shape index (κ3) is 4.24. The summed E-state index contributed by atoms with van der Waals surface area (Å²) in [5.74, 6) is 0.0549. The van der Waals surface area contributed by atoms with Crippen LogP contribution in [-0.2, 0) is 16.0 Å². The number of nitrogens with zero attached hydrogens (tertiary/aromatic N) is 2. The molecule has 6 heteroatoms. The topological polar surface area (TPSA) is 78.3 Å². The molecule has 2 aromatic rings. The Hall–Kier alpha value is -2.73. The maximum Gasteiger partial charge on any atom is 0.219 e. The van der Waals surface area contributed by atoms with Crippen molar-refractivity contribution in [1.29, 1.82) is 5.41 Å². The normalized spacial score (nSPS) is 18.0. The second-order valence-corrected chi connectivity index (χ2v) is 8.15. The molecular weight excluding hydrogens is 376 g/mol. The number of amides is 1. The molecule has 4 rings (SSSR count). The zero-order chi connectivity index (χ0) is 21.1. The summed E-state index contributed by atoms with van der Waals surface area (Å²) in [7, 11) is 0. The van der Waals surface area contributed by atoms with E-state index in [0.29, 0.717) is 24.8 Å². The zero-order valence-corrected chi connectivity index (χ0v) is 17.8. The number of nitrogens with one attached hydrogen (secondary N) is 2. The zero-order valence-electron chi connectivity index (χ0n) is 17.8. The fourth-order valence-corrected chi connectivity index (χ4v) is 4.34. The fourth-order valence-electron chi connectivity index (χ4n) is 4.34. The summed E-state index contributed by atoms with van der Waals surface area (Å²) >= 11 is 0. The molecule has 3 heterocycles. The number of hydrogen-bond acceptors (Lipinski definition) is 5. The molecule has 0 saturated carbocycles. The first-order valence-corrected chi connectivity index (χ1v) is 10.8. The summed E-state index contributed by atoms with van der Waals surface area (Å²) in [6.07, 6.45) is 7.24. The average molecular weight is 407 g/mol. The van der Waals surface area contributed by atoms with Crippen molar-refractivity contribution in [2.45, 2.75) is 45.6 Å². The average Bonchev–Trinajstić information content (AvgIpc) is 2.78. The Morgan fingerprint density at radius 1 is 1.33 bits per heavy atom. The predicted molar refractivity (Wildman–Crippen MR) is 119 cm³/mol. The lowest BCUT2D eigenvalue weighted by Gasteiger charge is -2.34. The molecular formula is C24H30N4O2. The first kappa shape index (κ1) is 20.5. The molecule has 1 aromatic heterocycles. The van der Waals surface area contributed by atoms with Crippen LogP contribution in [0.1, 0.15) is 44.2 Å². The van der Waals surface area contributed by atoms with Gasteiger partial charge in [-0.05, 0) is 42.3 Å². The van der Waals surface area contributed by atoms with Crippen molar-refractivity contribution in [3.05, 3.63) is 53.0 Å². The molecule has 30 heavy (non-hydrogen) atoms. The van der Waals surface area contributed by atoms with Gasteiger partial charge in [0.05, 0.1) is 5.71 Å². The lowest BCUT2D eigenvalue weighted by Crippen LogP contribution is -2.43. The second-order valence-electron chi connectivity index (χ2n) is 8.15. The molecule has 2 N–H and O–H groups in total. The largest absolute Gasteiger partial charge is 0.385 e. The molecule has 0 bridgehead atoms. The van der Waals surface area contributed by atoms with Crippen LogP contribution in [0.5, 0.6) is 0 Å². The van der Waals surface area contributed by atoms with Gasteiger partial charge in [0, 0.05) is 80.3 Å². The van der Waals surface area contributed by atoms with Crippen molar-refractivity contribution in [3.63, 3.8) is 0 Å². The molecule has 1 aromatic carbocycles. The molecule has 1 fully saturated rings. The molecule has 0 aliphatic carbocycles. The molecule has 2 aliphatic heterocycles. The Balaban J connectivity index is 1.75. The van der Waals surface area contributed by atoms with Crippen LogP contribution in [0.3, 0.4) is 0 Å². The molecule has 1 amide bonds. The number of carbonyl (C=O) groups is 1. The maximum absolute atomic E-state index is 12.1. The van der Waals surface area contributed by atoms with Crippen molar-refractivity contribution in [1.82, 2.24) is 15.2 Å². The van der Waals surface area contributed by atoms with E-state index >= 15 is 0 Å². The van der Waals surface area contributed by atoms with Gasteiger partial charge in [0.15, 0.2) is 0 Å². The predicted octanol–water partition coefficient (Wildman–Crippen LogP) is 3.44. The van der Waals surface area contributed by atoms with Crippen molar-refractivity contribution in [3.8, 4) is 0 Å². The highest BCUT2D eigenvalue weighted by molar-refractivity contribution is 6.18. The van der Waals surface area contributed by atoms with Crippen LogP contribution >= 0.6 is 0 Å². The number of benzene rings is 1. The number of fused-ring (bicyclic) bond motifs is 1. The molecule has 158 valence electrons. The number of rotatable bonds is 5. The summed E-state index contributed by atoms with van der Waals surface area (Å²) in [6.45, 7) is 6.44. The van der Waals surface area contributed by atoms with Gasteiger partial charge in [0.25, 0.3) is 0 Å². The maximum atomic E-state index is 12.1. The van der Waals surface area contributed by atoms with E-state index in [4.69, 9.17) is 10.1 Å². The number of pyridine rings is 1. The standard InChI is InChI=1S/C24H30N4O2/c1-3-17-12-18-4-8-26-14-21(18)20(13-17)24(25)22-15-28(16(2)29)9-5-23(22)27-19-6-10-30-11-7-19/h4,8,12-14,19,25,27H,3,5-7,9-11,15H2,1-2H3. The minimum atomic E-state index is 0.0549. The van der Waals surface area contributed by atoms with E-state index in [-0.39, 0.29) is 5.91 Å². The van der Waals surface area contributed by atoms with Crippen LogP contribution in [0.4, 0.5) is 0 Å². The quantitative estimate of drug-likeness (QED) is 0.746. The van der Waals surface area contributed by atoms with E-state index in [1.807, 2.05) is 17.2 Å². The third-order valence-corrected chi connectivity index (χ3v) is 6.18. The van der Waals surface area contributed by atoms with Crippen LogP contribution in [0.15, 0.2) is 41.9 Å². The summed E-state index contributed by atoms with van der Waals surface area (Å²) < 4.78 is 5.50. The van der Waals surface area contributed by atoms with Gasteiger partial charge >= 0.3 is 0 Å². The van der Waals surface area contributed by atoms with Gasteiger partial charge < -0.3 is 15.0 Å². The molecule has 0 spiro atoms. The number of hydrogen-bond donors (Lipinski definition) is 2. The summed E-state index contributed by atoms with van der Waals surface area (Å²) in [6, 6.07) is 6.65. The van der Waals surface area contributed by atoms with E-state index in [1.54, 1.807) is 13.1 Å². The Labute approximate surface area is 177 Å². The molecule has 0 unspecified atom stereocenters. The van der Waals surface area contributed by atoms with Gasteiger partial charge in [-0.15, -0.1) is 0 Å². The number of carbonyl (C=O) groups excluding carboxylic acids is 1. The van der Waals surface area contributed by atoms with Crippen molar-refractivity contribution < 1.29 is 9.53 Å². The van der Waals surface area contributed by atoms with E-state index in [1.165, 1.54) is 5.56 Å². The Morgan fingerprint density at radius 3 is 2.87 bits per heavy atom. The van der Waals surface area contributed by atoms with Gasteiger partial charge in [0.1, 0.15) is 0 Å². The monoisotopic (exact) mass is 406 g/mol. The van der Waals surface area contributed by atoms with Crippen LogP contribution in [0, 0.1) is 5.41 Å². The third-order valence-electron chi connectivity index (χ3n) is 6.18. The van der Waals surface area contributed by atoms with Gasteiger partial charge in [0.2, 0.25) is 5.91 Å². The first-order valence-electron chi connectivity index (χ1n) is 10.8. The smallest absolute Gasteiger partial charge is 0.219 e. The fraction of sp³-hybridized carbons (Fsp3) is 0.458. The SMILES string of the molecule is CCc1cc(C(=N)C2=C(NC3CCOCC3)CCN(C(C)=O)C2)c2cnccc2c1. The lowest BCUT2D eigenvalue weighted by molar-refractivity contribution is -0.128. The molecule has 1 saturated heterocycles. The number of ether oxygens (including phenoxy) is 1. The lowest BCUT2D eigenvalue weighted by atomic mass is 9.91. The summed E-state index contributed by atoms with van der Waals surface area (Å²) in [4.78, 5) is 18.2. The Bertz CT molecular complexity index is 992. The van der Waals surface area contributed by atoms with Crippen molar-refractivity contribution in [2.24, 2.45) is 0 Å².